The summed E-state index contributed by atoms with van der Waals surface area (Å²) in [6, 6.07) is 17.2. The van der Waals surface area contributed by atoms with Crippen molar-refractivity contribution in [1.29, 1.82) is 0 Å². The van der Waals surface area contributed by atoms with Gasteiger partial charge < -0.3 is 14.2 Å². The maximum Gasteiger partial charge on any atom is 0.133 e. The molecule has 0 N–H and O–H groups in total. The lowest BCUT2D eigenvalue weighted by atomic mass is 10.1. The van der Waals surface area contributed by atoms with Gasteiger partial charge in [0, 0.05) is 29.3 Å². The predicted octanol–water partition coefficient (Wildman–Crippen LogP) is 8.19. The molecule has 3 nitrogen and oxygen atoms in total. The van der Waals surface area contributed by atoms with Crippen LogP contribution in [0.1, 0.15) is 16.7 Å². The molecule has 0 bridgehead atoms. The number of hydrogen-bond donors (Lipinski definition) is 0. The zero-order valence-corrected chi connectivity index (χ0v) is 21.0. The average Bonchev–Trinajstić information content (AvgIpc) is 2.80. The van der Waals surface area contributed by atoms with E-state index in [0.29, 0.717) is 32.3 Å². The van der Waals surface area contributed by atoms with Crippen LogP contribution in [0.2, 0.25) is 15.1 Å². The molecule has 0 aliphatic heterocycles. The van der Waals surface area contributed by atoms with E-state index in [2.05, 4.69) is 6.08 Å². The van der Waals surface area contributed by atoms with Crippen LogP contribution in [0.5, 0.6) is 17.2 Å². The Morgan fingerprint density at radius 3 is 1.97 bits per heavy atom. The van der Waals surface area contributed by atoms with Crippen LogP contribution in [-0.4, -0.2) is 21.3 Å². The highest BCUT2D eigenvalue weighted by Crippen LogP contribution is 2.38. The fraction of sp³-hybridized carbons (Fsp3) is 0.200. The van der Waals surface area contributed by atoms with Gasteiger partial charge in [-0.2, -0.15) is 0 Å². The van der Waals surface area contributed by atoms with Gasteiger partial charge >= 0.3 is 0 Å². The highest BCUT2D eigenvalue weighted by atomic mass is 35.5. The molecule has 168 valence electrons. The van der Waals surface area contributed by atoms with Crippen molar-refractivity contribution in [2.45, 2.75) is 12.2 Å². The number of hydrogen-bond acceptors (Lipinski definition) is 4. The molecule has 7 heteroatoms. The van der Waals surface area contributed by atoms with Gasteiger partial charge in [0.25, 0.3) is 0 Å². The number of allylic oxidation sites excluding steroid dienone is 1. The zero-order chi connectivity index (χ0) is 23.1. The Morgan fingerprint density at radius 2 is 1.41 bits per heavy atom. The predicted molar refractivity (Wildman–Crippen MR) is 137 cm³/mol. The molecule has 0 atom stereocenters. The Labute approximate surface area is 208 Å². The summed E-state index contributed by atoms with van der Waals surface area (Å²) in [5.74, 6) is 2.74. The van der Waals surface area contributed by atoms with Crippen LogP contribution >= 0.6 is 46.6 Å². The van der Waals surface area contributed by atoms with Crippen molar-refractivity contribution in [3.8, 4) is 17.2 Å². The summed E-state index contributed by atoms with van der Waals surface area (Å²) in [5.41, 5.74) is 3.08. The molecule has 0 heterocycles. The molecule has 3 aromatic carbocycles. The number of thioether (sulfide) groups is 1. The molecule has 0 fully saturated rings. The SMILES string of the molecule is COc1cc(OC)c(/C=C(\Cc2ccc(Cl)cc2)SCc2ccc(Cl)c(Cl)c2)c(OC)c1. The smallest absolute Gasteiger partial charge is 0.133 e. The molecule has 0 saturated carbocycles. The number of methoxy groups -OCH3 is 3. The second kappa shape index (κ2) is 11.8. The number of rotatable bonds is 9. The van der Waals surface area contributed by atoms with Gasteiger partial charge in [0.2, 0.25) is 0 Å². The first-order valence-electron chi connectivity index (χ1n) is 9.75. The first-order chi connectivity index (χ1) is 15.4. The molecule has 0 amide bonds. The second-order valence-corrected chi connectivity index (χ2v) is 9.25. The summed E-state index contributed by atoms with van der Waals surface area (Å²) in [7, 11) is 4.88. The van der Waals surface area contributed by atoms with Crippen molar-refractivity contribution in [2.24, 2.45) is 0 Å². The van der Waals surface area contributed by atoms with Gasteiger partial charge in [0.05, 0.1) is 36.9 Å². The summed E-state index contributed by atoms with van der Waals surface area (Å²) in [4.78, 5) is 1.13. The second-order valence-electron chi connectivity index (χ2n) is 6.90. The van der Waals surface area contributed by atoms with E-state index in [1.165, 1.54) is 0 Å². The summed E-state index contributed by atoms with van der Waals surface area (Å²) in [6.45, 7) is 0. The maximum atomic E-state index is 6.20. The first kappa shape index (κ1) is 24.7. The molecule has 0 aromatic heterocycles. The molecule has 0 saturated heterocycles. The minimum atomic E-state index is 0.546. The number of halogens is 3. The fourth-order valence-corrected chi connectivity index (χ4v) is 4.54. The number of benzene rings is 3. The van der Waals surface area contributed by atoms with Crippen LogP contribution in [0.25, 0.3) is 6.08 Å². The summed E-state index contributed by atoms with van der Waals surface area (Å²) in [6.07, 6.45) is 2.81. The molecule has 0 aliphatic carbocycles. The van der Waals surface area contributed by atoms with Crippen molar-refractivity contribution in [3.05, 3.63) is 91.3 Å². The monoisotopic (exact) mass is 508 g/mol. The van der Waals surface area contributed by atoms with Gasteiger partial charge in [-0.15, -0.1) is 11.8 Å². The topological polar surface area (TPSA) is 27.7 Å². The van der Waals surface area contributed by atoms with Gasteiger partial charge in [-0.25, -0.2) is 0 Å². The van der Waals surface area contributed by atoms with E-state index in [1.807, 2.05) is 54.6 Å². The third-order valence-corrected chi connectivity index (χ3v) is 6.86. The molecule has 3 aromatic rings. The fourth-order valence-electron chi connectivity index (χ4n) is 3.09. The van der Waals surface area contributed by atoms with Crippen molar-refractivity contribution in [2.75, 3.05) is 21.3 Å². The molecule has 3 rings (SSSR count). The van der Waals surface area contributed by atoms with Crippen molar-refractivity contribution >= 4 is 52.6 Å². The van der Waals surface area contributed by atoms with Crippen LogP contribution in [0.3, 0.4) is 0 Å². The molecule has 0 aliphatic rings. The largest absolute Gasteiger partial charge is 0.496 e. The van der Waals surface area contributed by atoms with Gasteiger partial charge in [-0.3, -0.25) is 0 Å². The van der Waals surface area contributed by atoms with Crippen LogP contribution < -0.4 is 14.2 Å². The minimum absolute atomic E-state index is 0.546. The minimum Gasteiger partial charge on any atom is -0.496 e. The maximum absolute atomic E-state index is 6.20. The summed E-state index contributed by atoms with van der Waals surface area (Å²) in [5, 5.41) is 1.80. The normalized spacial score (nSPS) is 11.4. The lowest BCUT2D eigenvalue weighted by Gasteiger charge is -2.15. The Kier molecular flexibility index (Phi) is 9.06. The van der Waals surface area contributed by atoms with Crippen LogP contribution in [0, 0.1) is 0 Å². The van der Waals surface area contributed by atoms with E-state index in [9.17, 15) is 0 Å². The average molecular weight is 510 g/mol. The first-order valence-corrected chi connectivity index (χ1v) is 11.9. The van der Waals surface area contributed by atoms with Crippen molar-refractivity contribution < 1.29 is 14.2 Å². The molecule has 0 unspecified atom stereocenters. The van der Waals surface area contributed by atoms with Crippen molar-refractivity contribution in [3.63, 3.8) is 0 Å². The van der Waals surface area contributed by atoms with E-state index in [4.69, 9.17) is 49.0 Å². The van der Waals surface area contributed by atoms with Gasteiger partial charge in [0.1, 0.15) is 17.2 Å². The number of ether oxygens (including phenoxy) is 3. The molecule has 32 heavy (non-hydrogen) atoms. The van der Waals surface area contributed by atoms with E-state index in [0.717, 1.165) is 33.8 Å². The summed E-state index contributed by atoms with van der Waals surface area (Å²) >= 11 is 20.0. The standard InChI is InChI=1S/C25H23Cl3O3S/c1-29-19-12-24(30-2)21(25(13-19)31-3)14-20(10-16-4-7-18(26)8-5-16)32-15-17-6-9-22(27)23(28)11-17/h4-9,11-14H,10,15H2,1-3H3/b20-14+. The lowest BCUT2D eigenvalue weighted by molar-refractivity contribution is 0.374. The van der Waals surface area contributed by atoms with Gasteiger partial charge in [0.15, 0.2) is 0 Å². The molecular weight excluding hydrogens is 487 g/mol. The van der Waals surface area contributed by atoms with E-state index < -0.39 is 0 Å². The van der Waals surface area contributed by atoms with E-state index in [1.54, 1.807) is 33.1 Å². The molecule has 0 radical (unpaired) electrons. The van der Waals surface area contributed by atoms with Crippen LogP contribution in [0.4, 0.5) is 0 Å². The lowest BCUT2D eigenvalue weighted by Crippen LogP contribution is -1.96. The van der Waals surface area contributed by atoms with E-state index in [-0.39, 0.29) is 0 Å². The van der Waals surface area contributed by atoms with Gasteiger partial charge in [-0.1, -0.05) is 53.0 Å². The third kappa shape index (κ3) is 6.52. The van der Waals surface area contributed by atoms with Crippen molar-refractivity contribution in [1.82, 2.24) is 0 Å². The highest BCUT2D eigenvalue weighted by Gasteiger charge is 2.14. The third-order valence-electron chi connectivity index (χ3n) is 4.76. The van der Waals surface area contributed by atoms with Crippen LogP contribution in [-0.2, 0) is 12.2 Å². The Balaban J connectivity index is 1.98. The zero-order valence-electron chi connectivity index (χ0n) is 18.0. The molecule has 0 spiro atoms. The molecular formula is C25H23Cl3O3S. The quantitative estimate of drug-likeness (QED) is 0.290. The van der Waals surface area contributed by atoms with Gasteiger partial charge in [-0.05, 0) is 46.4 Å². The Hall–Kier alpha value is -1.98. The Bertz CT molecular complexity index is 1070. The highest BCUT2D eigenvalue weighted by molar-refractivity contribution is 8.02. The summed E-state index contributed by atoms with van der Waals surface area (Å²) < 4.78 is 16.6. The Morgan fingerprint density at radius 1 is 0.781 bits per heavy atom. The van der Waals surface area contributed by atoms with E-state index >= 15 is 0 Å². The van der Waals surface area contributed by atoms with Crippen LogP contribution in [0.15, 0.2) is 59.5 Å².